The first-order valence-corrected chi connectivity index (χ1v) is 9.55. The van der Waals surface area contributed by atoms with E-state index < -0.39 is 0 Å². The second-order valence-electron chi connectivity index (χ2n) is 6.14. The van der Waals surface area contributed by atoms with Crippen LogP contribution in [0.2, 0.25) is 0 Å². The SMILES string of the molecule is O=C1C(=Cc2ccc(-c3cccc(F)c3)o2)SC(=S)N1CC1CCCO1. The molecule has 2 fully saturated rings. The number of rotatable bonds is 4. The molecule has 1 aromatic heterocycles. The molecule has 4 rings (SSSR count). The highest BCUT2D eigenvalue weighted by Crippen LogP contribution is 2.34. The number of carbonyl (C=O) groups is 1. The predicted octanol–water partition coefficient (Wildman–Crippen LogP) is 4.47. The van der Waals surface area contributed by atoms with Gasteiger partial charge in [0, 0.05) is 18.2 Å². The number of nitrogens with zero attached hydrogens (tertiary/aromatic N) is 1. The van der Waals surface area contributed by atoms with Gasteiger partial charge in [0.2, 0.25) is 0 Å². The maximum absolute atomic E-state index is 13.4. The van der Waals surface area contributed by atoms with Gasteiger partial charge in [-0.1, -0.05) is 36.1 Å². The van der Waals surface area contributed by atoms with Crippen molar-refractivity contribution in [2.45, 2.75) is 18.9 Å². The quantitative estimate of drug-likeness (QED) is 0.570. The van der Waals surface area contributed by atoms with Crippen LogP contribution in [-0.2, 0) is 9.53 Å². The van der Waals surface area contributed by atoms with Gasteiger partial charge in [-0.25, -0.2) is 4.39 Å². The maximum atomic E-state index is 13.4. The van der Waals surface area contributed by atoms with E-state index >= 15 is 0 Å². The average molecular weight is 389 g/mol. The van der Waals surface area contributed by atoms with Crippen LogP contribution < -0.4 is 0 Å². The molecule has 1 aromatic carbocycles. The smallest absolute Gasteiger partial charge is 0.266 e. The Balaban J connectivity index is 1.51. The summed E-state index contributed by atoms with van der Waals surface area (Å²) in [6.45, 7) is 1.24. The first kappa shape index (κ1) is 17.5. The van der Waals surface area contributed by atoms with Crippen molar-refractivity contribution in [1.29, 1.82) is 0 Å². The molecule has 0 radical (unpaired) electrons. The van der Waals surface area contributed by atoms with Gasteiger partial charge in [-0.05, 0) is 37.1 Å². The normalized spacial score (nSPS) is 22.0. The Morgan fingerprint density at radius 3 is 3.00 bits per heavy atom. The molecular formula is C19H16FNO3S2. The van der Waals surface area contributed by atoms with Crippen LogP contribution in [0.4, 0.5) is 4.39 Å². The maximum Gasteiger partial charge on any atom is 0.266 e. The summed E-state index contributed by atoms with van der Waals surface area (Å²) in [5, 5.41) is 0. The van der Waals surface area contributed by atoms with Crippen molar-refractivity contribution in [2.24, 2.45) is 0 Å². The van der Waals surface area contributed by atoms with Gasteiger partial charge in [-0.3, -0.25) is 9.69 Å². The number of hydrogen-bond acceptors (Lipinski definition) is 5. The summed E-state index contributed by atoms with van der Waals surface area (Å²) in [6, 6.07) is 9.70. The molecule has 0 saturated carbocycles. The fourth-order valence-corrected chi connectivity index (χ4v) is 4.26. The van der Waals surface area contributed by atoms with Crippen LogP contribution in [0.25, 0.3) is 17.4 Å². The third-order valence-corrected chi connectivity index (χ3v) is 5.67. The lowest BCUT2D eigenvalue weighted by atomic mass is 10.2. The molecule has 7 heteroatoms. The molecule has 2 aliphatic heterocycles. The number of halogens is 1. The molecule has 2 saturated heterocycles. The van der Waals surface area contributed by atoms with Gasteiger partial charge < -0.3 is 9.15 Å². The van der Waals surface area contributed by atoms with Gasteiger partial charge in [0.15, 0.2) is 0 Å². The number of benzene rings is 1. The summed E-state index contributed by atoms with van der Waals surface area (Å²) < 4.78 is 25.2. The van der Waals surface area contributed by atoms with E-state index in [9.17, 15) is 9.18 Å². The first-order chi connectivity index (χ1) is 12.6. The summed E-state index contributed by atoms with van der Waals surface area (Å²) >= 11 is 6.60. The van der Waals surface area contributed by atoms with Crippen molar-refractivity contribution >= 4 is 40.3 Å². The van der Waals surface area contributed by atoms with Crippen molar-refractivity contribution in [2.75, 3.05) is 13.2 Å². The molecular weight excluding hydrogens is 373 g/mol. The number of thiocarbonyl (C=S) groups is 1. The Bertz CT molecular complexity index is 886. The van der Waals surface area contributed by atoms with Gasteiger partial charge in [-0.2, -0.15) is 0 Å². The molecule has 2 aliphatic rings. The molecule has 134 valence electrons. The summed E-state index contributed by atoms with van der Waals surface area (Å²) in [6.07, 6.45) is 3.70. The van der Waals surface area contributed by atoms with Gasteiger partial charge in [-0.15, -0.1) is 0 Å². The highest BCUT2D eigenvalue weighted by atomic mass is 32.2. The van der Waals surface area contributed by atoms with E-state index in [-0.39, 0.29) is 17.8 Å². The number of amides is 1. The fourth-order valence-electron chi connectivity index (χ4n) is 3.01. The molecule has 0 bridgehead atoms. The van der Waals surface area contributed by atoms with Gasteiger partial charge >= 0.3 is 0 Å². The molecule has 1 amide bonds. The minimum Gasteiger partial charge on any atom is -0.457 e. The monoisotopic (exact) mass is 389 g/mol. The topological polar surface area (TPSA) is 42.7 Å². The van der Waals surface area contributed by atoms with E-state index in [0.717, 1.165) is 19.4 Å². The Labute approximate surface area is 160 Å². The van der Waals surface area contributed by atoms with Crippen molar-refractivity contribution in [1.82, 2.24) is 4.90 Å². The highest BCUT2D eigenvalue weighted by molar-refractivity contribution is 8.26. The average Bonchev–Trinajstić information content (AvgIpc) is 3.34. The number of hydrogen-bond donors (Lipinski definition) is 0. The van der Waals surface area contributed by atoms with E-state index in [1.54, 1.807) is 35.2 Å². The molecule has 26 heavy (non-hydrogen) atoms. The van der Waals surface area contributed by atoms with Crippen LogP contribution in [0.3, 0.4) is 0 Å². The standard InChI is InChI=1S/C19H16FNO3S2/c20-13-4-1-3-12(9-13)16-7-6-14(24-16)10-17-18(22)21(19(25)26-17)11-15-5-2-8-23-15/h1,3-4,6-7,9-10,15H,2,5,8,11H2. The van der Waals surface area contributed by atoms with Crippen LogP contribution in [0.15, 0.2) is 45.7 Å². The molecule has 0 N–H and O–H groups in total. The molecule has 1 atom stereocenters. The van der Waals surface area contributed by atoms with Crippen molar-refractivity contribution in [3.8, 4) is 11.3 Å². The zero-order valence-corrected chi connectivity index (χ0v) is 15.4. The lowest BCUT2D eigenvalue weighted by Gasteiger charge is -2.18. The molecule has 0 spiro atoms. The number of carbonyl (C=O) groups excluding carboxylic acids is 1. The zero-order chi connectivity index (χ0) is 18.1. The van der Waals surface area contributed by atoms with E-state index in [4.69, 9.17) is 21.4 Å². The van der Waals surface area contributed by atoms with Crippen molar-refractivity contribution in [3.63, 3.8) is 0 Å². The summed E-state index contributed by atoms with van der Waals surface area (Å²) in [7, 11) is 0. The zero-order valence-electron chi connectivity index (χ0n) is 13.8. The minimum absolute atomic E-state index is 0.0556. The number of thioether (sulfide) groups is 1. The fraction of sp³-hybridized carbons (Fsp3) is 0.263. The highest BCUT2D eigenvalue weighted by Gasteiger charge is 2.34. The lowest BCUT2D eigenvalue weighted by molar-refractivity contribution is -0.123. The summed E-state index contributed by atoms with van der Waals surface area (Å²) in [4.78, 5) is 14.7. The first-order valence-electron chi connectivity index (χ1n) is 8.33. The van der Waals surface area contributed by atoms with E-state index in [0.29, 0.717) is 32.9 Å². The summed E-state index contributed by atoms with van der Waals surface area (Å²) in [5.74, 6) is 0.627. The Hall–Kier alpha value is -1.96. The van der Waals surface area contributed by atoms with Gasteiger partial charge in [0.25, 0.3) is 5.91 Å². The molecule has 3 heterocycles. The van der Waals surface area contributed by atoms with Crippen LogP contribution in [0.1, 0.15) is 18.6 Å². The molecule has 1 unspecified atom stereocenters. The number of ether oxygens (including phenoxy) is 1. The van der Waals surface area contributed by atoms with Crippen molar-refractivity contribution < 1.29 is 18.3 Å². The number of furan rings is 1. The Morgan fingerprint density at radius 1 is 1.35 bits per heavy atom. The summed E-state index contributed by atoms with van der Waals surface area (Å²) in [5.41, 5.74) is 0.649. The predicted molar refractivity (Wildman–Crippen MR) is 103 cm³/mol. The second kappa shape index (κ2) is 7.34. The van der Waals surface area contributed by atoms with Gasteiger partial charge in [0.1, 0.15) is 21.7 Å². The van der Waals surface area contributed by atoms with Crippen LogP contribution in [0, 0.1) is 5.82 Å². The Morgan fingerprint density at radius 2 is 2.23 bits per heavy atom. The minimum atomic E-state index is -0.324. The third kappa shape index (κ3) is 3.60. The second-order valence-corrected chi connectivity index (χ2v) is 7.82. The molecule has 2 aromatic rings. The van der Waals surface area contributed by atoms with E-state index in [1.807, 2.05) is 0 Å². The van der Waals surface area contributed by atoms with E-state index in [2.05, 4.69) is 0 Å². The van der Waals surface area contributed by atoms with Crippen LogP contribution >= 0.6 is 24.0 Å². The molecule has 0 aliphatic carbocycles. The Kier molecular flexibility index (Phi) is 4.93. The van der Waals surface area contributed by atoms with Gasteiger partial charge in [0.05, 0.1) is 17.6 Å². The van der Waals surface area contributed by atoms with Crippen LogP contribution in [0.5, 0.6) is 0 Å². The van der Waals surface area contributed by atoms with E-state index in [1.165, 1.54) is 23.9 Å². The molecule has 4 nitrogen and oxygen atoms in total. The van der Waals surface area contributed by atoms with Crippen LogP contribution in [-0.4, -0.2) is 34.4 Å². The van der Waals surface area contributed by atoms with Crippen molar-refractivity contribution in [3.05, 3.63) is 52.9 Å². The third-order valence-electron chi connectivity index (χ3n) is 4.29. The largest absolute Gasteiger partial charge is 0.457 e. The lowest BCUT2D eigenvalue weighted by Crippen LogP contribution is -2.35.